The molecule has 2 N–H and O–H groups in total. The number of nitrogens with zero attached hydrogens (tertiary/aromatic N) is 6. The van der Waals surface area contributed by atoms with Gasteiger partial charge in [0.25, 0.3) is 0 Å². The topological polar surface area (TPSA) is 101 Å². The molecule has 10 heteroatoms. The van der Waals surface area contributed by atoms with E-state index >= 15 is 0 Å². The monoisotopic (exact) mass is 454 g/mol. The van der Waals surface area contributed by atoms with Crippen molar-refractivity contribution in [2.24, 2.45) is 5.92 Å². The van der Waals surface area contributed by atoms with Crippen molar-refractivity contribution in [2.75, 3.05) is 22.6 Å². The molecule has 0 radical (unpaired) electrons. The van der Waals surface area contributed by atoms with Crippen LogP contribution in [0.2, 0.25) is 5.15 Å². The Bertz CT molecular complexity index is 1110. The zero-order valence-corrected chi connectivity index (χ0v) is 19.4. The van der Waals surface area contributed by atoms with Gasteiger partial charge >= 0.3 is 0 Å². The van der Waals surface area contributed by atoms with E-state index in [0.29, 0.717) is 35.8 Å². The number of aryl methyl sites for hydroxylation is 1. The molecule has 0 bridgehead atoms. The summed E-state index contributed by atoms with van der Waals surface area (Å²) in [4.78, 5) is 27.8. The van der Waals surface area contributed by atoms with Crippen LogP contribution in [0.25, 0.3) is 0 Å². The van der Waals surface area contributed by atoms with Gasteiger partial charge in [0.2, 0.25) is 11.9 Å². The molecule has 1 atom stereocenters. The zero-order chi connectivity index (χ0) is 22.8. The third-order valence-corrected chi connectivity index (χ3v) is 5.61. The molecular weight excluding hydrogens is 428 g/mol. The number of halogens is 1. The number of hydrogen-bond acceptors (Lipinski definition) is 7. The molecule has 0 saturated heterocycles. The van der Waals surface area contributed by atoms with Crippen LogP contribution >= 0.6 is 11.6 Å². The highest BCUT2D eigenvalue weighted by molar-refractivity contribution is 6.29. The van der Waals surface area contributed by atoms with E-state index in [9.17, 15) is 4.79 Å². The van der Waals surface area contributed by atoms with Gasteiger partial charge in [-0.2, -0.15) is 10.1 Å². The van der Waals surface area contributed by atoms with Gasteiger partial charge < -0.3 is 15.5 Å². The zero-order valence-electron chi connectivity index (χ0n) is 18.6. The molecule has 0 saturated carbocycles. The number of rotatable bonds is 7. The molecule has 1 amide bonds. The normalized spacial score (nSPS) is 15.6. The number of likely N-dealkylation sites (N-methyl/N-ethyl adjacent to an activating group) is 1. The molecule has 32 heavy (non-hydrogen) atoms. The summed E-state index contributed by atoms with van der Waals surface area (Å²) >= 11 is 5.84. The van der Waals surface area contributed by atoms with Crippen molar-refractivity contribution in [1.29, 1.82) is 0 Å². The fraction of sp³-hybridized carbons (Fsp3) is 0.409. The highest BCUT2D eigenvalue weighted by atomic mass is 35.5. The summed E-state index contributed by atoms with van der Waals surface area (Å²) < 4.78 is 1.85. The lowest BCUT2D eigenvalue weighted by molar-refractivity contribution is -0.118. The summed E-state index contributed by atoms with van der Waals surface area (Å²) in [5.41, 5.74) is 3.43. The largest absolute Gasteiger partial charge is 0.350 e. The van der Waals surface area contributed by atoms with Crippen LogP contribution in [0.1, 0.15) is 37.1 Å². The van der Waals surface area contributed by atoms with Crippen LogP contribution in [0.4, 0.5) is 17.5 Å². The molecule has 4 heterocycles. The van der Waals surface area contributed by atoms with Crippen molar-refractivity contribution in [3.8, 4) is 0 Å². The Morgan fingerprint density at radius 3 is 2.75 bits per heavy atom. The lowest BCUT2D eigenvalue weighted by Gasteiger charge is -2.35. The Hall–Kier alpha value is -3.20. The van der Waals surface area contributed by atoms with Crippen molar-refractivity contribution >= 4 is 35.0 Å². The number of hydrogen-bond donors (Lipinski definition) is 2. The number of aromatic nitrogens is 5. The van der Waals surface area contributed by atoms with Gasteiger partial charge in [-0.1, -0.05) is 31.5 Å². The van der Waals surface area contributed by atoms with Gasteiger partial charge in [-0.25, -0.2) is 9.97 Å². The van der Waals surface area contributed by atoms with E-state index in [1.165, 1.54) is 0 Å². The molecular formula is C22H27ClN8O. The molecule has 0 aliphatic carbocycles. The van der Waals surface area contributed by atoms with Gasteiger partial charge in [-0.15, -0.1) is 0 Å². The molecule has 1 aliphatic rings. The first kappa shape index (κ1) is 22.0. The first-order valence-electron chi connectivity index (χ1n) is 10.6. The average molecular weight is 455 g/mol. The van der Waals surface area contributed by atoms with Gasteiger partial charge in [0.05, 0.1) is 18.4 Å². The number of carbonyl (C=O) groups excluding carboxylic acids is 1. The second-order valence-corrected chi connectivity index (χ2v) is 8.85. The van der Waals surface area contributed by atoms with Crippen LogP contribution in [0.5, 0.6) is 0 Å². The minimum atomic E-state index is -0.245. The fourth-order valence-corrected chi connectivity index (χ4v) is 3.84. The van der Waals surface area contributed by atoms with Gasteiger partial charge in [0.15, 0.2) is 5.82 Å². The van der Waals surface area contributed by atoms with Gasteiger partial charge in [-0.3, -0.25) is 9.48 Å². The van der Waals surface area contributed by atoms with Crippen molar-refractivity contribution in [3.05, 3.63) is 52.7 Å². The maximum Gasteiger partial charge on any atom is 0.247 e. The first-order valence-corrected chi connectivity index (χ1v) is 11.0. The van der Waals surface area contributed by atoms with Crippen molar-refractivity contribution in [1.82, 2.24) is 24.7 Å². The summed E-state index contributed by atoms with van der Waals surface area (Å²) in [5, 5.41) is 11.1. The number of amides is 1. The van der Waals surface area contributed by atoms with Gasteiger partial charge in [0, 0.05) is 31.5 Å². The number of carbonyl (C=O) groups is 1. The predicted molar refractivity (Wildman–Crippen MR) is 125 cm³/mol. The van der Waals surface area contributed by atoms with Crippen LogP contribution in [0, 0.1) is 12.8 Å². The van der Waals surface area contributed by atoms with Crippen LogP contribution in [-0.4, -0.2) is 43.7 Å². The number of anilines is 3. The SMILES string of the molecule is Cc1nc(NCc2cnn(Cc3ccc(Cl)nc3)c2)nc2c1NC(=O)C(CC(C)C)N2C. The molecule has 9 nitrogen and oxygen atoms in total. The number of pyridine rings is 1. The molecule has 0 aromatic carbocycles. The summed E-state index contributed by atoms with van der Waals surface area (Å²) in [6.07, 6.45) is 6.29. The summed E-state index contributed by atoms with van der Waals surface area (Å²) in [6, 6.07) is 3.45. The maximum absolute atomic E-state index is 12.6. The van der Waals surface area contributed by atoms with Crippen molar-refractivity contribution < 1.29 is 4.79 Å². The maximum atomic E-state index is 12.6. The minimum absolute atomic E-state index is 0.00980. The molecule has 1 unspecified atom stereocenters. The van der Waals surface area contributed by atoms with E-state index in [-0.39, 0.29) is 11.9 Å². The van der Waals surface area contributed by atoms with E-state index in [1.54, 1.807) is 12.3 Å². The van der Waals surface area contributed by atoms with E-state index in [4.69, 9.17) is 11.6 Å². The van der Waals surface area contributed by atoms with Crippen LogP contribution in [0.15, 0.2) is 30.7 Å². The summed E-state index contributed by atoms with van der Waals surface area (Å²) in [5.74, 6) is 1.64. The Kier molecular flexibility index (Phi) is 6.27. The summed E-state index contributed by atoms with van der Waals surface area (Å²) in [6.45, 7) is 7.24. The molecule has 3 aromatic heterocycles. The molecule has 4 rings (SSSR count). The van der Waals surface area contributed by atoms with Crippen molar-refractivity contribution in [2.45, 2.75) is 46.3 Å². The predicted octanol–water partition coefficient (Wildman–Crippen LogP) is 3.49. The van der Waals surface area contributed by atoms with Gasteiger partial charge in [-0.05, 0) is 30.9 Å². The second-order valence-electron chi connectivity index (χ2n) is 8.47. The molecule has 0 spiro atoms. The molecule has 168 valence electrons. The van der Waals surface area contributed by atoms with Crippen molar-refractivity contribution in [3.63, 3.8) is 0 Å². The first-order chi connectivity index (χ1) is 15.3. The molecule has 0 fully saturated rings. The van der Waals surface area contributed by atoms with Crippen LogP contribution in [0.3, 0.4) is 0 Å². The highest BCUT2D eigenvalue weighted by Gasteiger charge is 2.33. The van der Waals surface area contributed by atoms with E-state index < -0.39 is 0 Å². The standard InChI is InChI=1S/C22H27ClN8O/c1-13(2)7-17-21(32)28-19-14(3)27-22(29-20(19)30(17)4)25-9-16-10-26-31(12-16)11-15-5-6-18(23)24-8-15/h5-6,8,10,12-13,17H,7,9,11H2,1-4H3,(H,28,32)(H,25,27,29). The fourth-order valence-electron chi connectivity index (χ4n) is 3.73. The Morgan fingerprint density at radius 1 is 1.22 bits per heavy atom. The van der Waals surface area contributed by atoms with E-state index in [1.807, 2.05) is 42.0 Å². The summed E-state index contributed by atoms with van der Waals surface area (Å²) in [7, 11) is 1.91. The Labute approximate surface area is 192 Å². The molecule has 1 aliphatic heterocycles. The Morgan fingerprint density at radius 2 is 2.03 bits per heavy atom. The lowest BCUT2D eigenvalue weighted by Crippen LogP contribution is -2.47. The third kappa shape index (κ3) is 4.83. The van der Waals surface area contributed by atoms with Gasteiger partial charge in [0.1, 0.15) is 16.9 Å². The Balaban J connectivity index is 1.45. The number of fused-ring (bicyclic) bond motifs is 1. The van der Waals surface area contributed by atoms with Crippen LogP contribution < -0.4 is 15.5 Å². The quantitative estimate of drug-likeness (QED) is 0.527. The second kappa shape index (κ2) is 9.12. The lowest BCUT2D eigenvalue weighted by atomic mass is 10.00. The van der Waals surface area contributed by atoms with E-state index in [0.717, 1.165) is 29.1 Å². The highest BCUT2D eigenvalue weighted by Crippen LogP contribution is 2.33. The third-order valence-electron chi connectivity index (χ3n) is 5.39. The van der Waals surface area contributed by atoms with E-state index in [2.05, 4.69) is 44.5 Å². The number of nitrogens with one attached hydrogen (secondary N) is 2. The van der Waals surface area contributed by atoms with Crippen LogP contribution in [-0.2, 0) is 17.9 Å². The average Bonchev–Trinajstić information content (AvgIpc) is 3.19. The minimum Gasteiger partial charge on any atom is -0.350 e. The molecule has 3 aromatic rings. The smallest absolute Gasteiger partial charge is 0.247 e.